The quantitative estimate of drug-likeness (QED) is 0.314. The number of hydrogen-bond donors (Lipinski definition) is 0. The number of carbonyl (C=O) groups excluding carboxylic acids is 1. The van der Waals surface area contributed by atoms with E-state index in [-0.39, 0.29) is 16.3 Å². The van der Waals surface area contributed by atoms with Gasteiger partial charge in [-0.2, -0.15) is 0 Å². The minimum absolute atomic E-state index is 0.137. The number of thiazole rings is 1. The second kappa shape index (κ2) is 9.13. The number of nitro groups is 1. The van der Waals surface area contributed by atoms with Crippen LogP contribution in [-0.2, 0) is 9.53 Å². The summed E-state index contributed by atoms with van der Waals surface area (Å²) in [7, 11) is 1.29. The molecule has 1 atom stereocenters. The van der Waals surface area contributed by atoms with Crippen molar-refractivity contribution in [3.63, 3.8) is 0 Å². The molecule has 0 saturated carbocycles. The van der Waals surface area contributed by atoms with Crippen LogP contribution in [0.15, 0.2) is 69.6 Å². The molecular formula is C23H18ClN3O5S. The highest BCUT2D eigenvalue weighted by molar-refractivity contribution is 7.07. The molecule has 0 unspecified atom stereocenters. The van der Waals surface area contributed by atoms with E-state index >= 15 is 0 Å². The number of esters is 1. The Kier molecular flexibility index (Phi) is 6.26. The lowest BCUT2D eigenvalue weighted by Crippen LogP contribution is -2.40. The van der Waals surface area contributed by atoms with Gasteiger partial charge in [0.2, 0.25) is 0 Å². The Morgan fingerprint density at radius 3 is 2.67 bits per heavy atom. The molecule has 8 nitrogen and oxygen atoms in total. The first-order valence-electron chi connectivity index (χ1n) is 9.97. The van der Waals surface area contributed by atoms with E-state index < -0.39 is 16.9 Å². The largest absolute Gasteiger partial charge is 0.466 e. The van der Waals surface area contributed by atoms with Crippen molar-refractivity contribution in [1.29, 1.82) is 0 Å². The summed E-state index contributed by atoms with van der Waals surface area (Å²) < 4.78 is 6.78. The van der Waals surface area contributed by atoms with Crippen molar-refractivity contribution in [2.45, 2.75) is 19.4 Å². The number of halogens is 1. The number of allylic oxidation sites excluding steroid dienone is 1. The van der Waals surface area contributed by atoms with Gasteiger partial charge in [0.25, 0.3) is 11.2 Å². The molecule has 1 aromatic heterocycles. The van der Waals surface area contributed by atoms with Gasteiger partial charge in [-0.3, -0.25) is 19.5 Å². The smallest absolute Gasteiger partial charge is 0.338 e. The highest BCUT2D eigenvalue weighted by Crippen LogP contribution is 2.31. The number of methoxy groups -OCH3 is 1. The standard InChI is InChI=1S/C23H18ClN3O5S/c1-3-17-19(22(29)32-2)20(13-7-5-4-6-8-13)26-21(28)18(33-23(26)25-17)12-14-11-15(27(30)31)9-10-16(14)24/h4-12,20H,3H2,1-2H3/b18-12-/t20-/m1/s1. The fourth-order valence-corrected chi connectivity index (χ4v) is 4.89. The molecular weight excluding hydrogens is 466 g/mol. The number of rotatable bonds is 5. The van der Waals surface area contributed by atoms with E-state index in [1.54, 1.807) is 0 Å². The second-order valence-electron chi connectivity index (χ2n) is 7.16. The van der Waals surface area contributed by atoms with Crippen molar-refractivity contribution in [3.05, 3.63) is 106 Å². The van der Waals surface area contributed by atoms with Crippen molar-refractivity contribution in [1.82, 2.24) is 4.57 Å². The zero-order valence-corrected chi connectivity index (χ0v) is 19.2. The second-order valence-corrected chi connectivity index (χ2v) is 8.58. The van der Waals surface area contributed by atoms with E-state index in [9.17, 15) is 19.7 Å². The molecule has 0 amide bonds. The number of nitro benzene ring substituents is 1. The maximum atomic E-state index is 13.5. The lowest BCUT2D eigenvalue weighted by atomic mass is 9.95. The van der Waals surface area contributed by atoms with Gasteiger partial charge in [0.15, 0.2) is 4.80 Å². The molecule has 3 aromatic rings. The molecule has 2 aromatic carbocycles. The maximum Gasteiger partial charge on any atom is 0.338 e. The van der Waals surface area contributed by atoms with Crippen LogP contribution in [0.25, 0.3) is 6.08 Å². The van der Waals surface area contributed by atoms with E-state index in [4.69, 9.17) is 16.3 Å². The number of nitrogens with zero attached hydrogens (tertiary/aromatic N) is 3. The van der Waals surface area contributed by atoms with Gasteiger partial charge in [-0.25, -0.2) is 9.79 Å². The molecule has 168 valence electrons. The number of fused-ring (bicyclic) bond motifs is 1. The summed E-state index contributed by atoms with van der Waals surface area (Å²) in [5.41, 5.74) is 1.40. The van der Waals surface area contributed by atoms with Crippen LogP contribution < -0.4 is 14.9 Å². The number of benzene rings is 2. The molecule has 4 rings (SSSR count). The van der Waals surface area contributed by atoms with E-state index in [1.165, 1.54) is 36.0 Å². The normalized spacial score (nSPS) is 15.7. The molecule has 0 aliphatic carbocycles. The van der Waals surface area contributed by atoms with Crippen molar-refractivity contribution in [2.24, 2.45) is 4.99 Å². The van der Waals surface area contributed by atoms with Crippen molar-refractivity contribution >= 4 is 40.7 Å². The predicted molar refractivity (Wildman–Crippen MR) is 125 cm³/mol. The summed E-state index contributed by atoms with van der Waals surface area (Å²) in [6.45, 7) is 1.88. The van der Waals surface area contributed by atoms with Crippen LogP contribution in [0.4, 0.5) is 5.69 Å². The van der Waals surface area contributed by atoms with Gasteiger partial charge in [-0.1, -0.05) is 60.2 Å². The minimum atomic E-state index is -0.715. The Hall–Kier alpha value is -3.56. The van der Waals surface area contributed by atoms with Crippen LogP contribution in [0.5, 0.6) is 0 Å². The first-order chi connectivity index (χ1) is 15.8. The van der Waals surface area contributed by atoms with Crippen LogP contribution in [-0.4, -0.2) is 22.6 Å². The molecule has 33 heavy (non-hydrogen) atoms. The summed E-state index contributed by atoms with van der Waals surface area (Å²) in [5.74, 6) is -0.555. The van der Waals surface area contributed by atoms with Crippen molar-refractivity contribution < 1.29 is 14.5 Å². The lowest BCUT2D eigenvalue weighted by Gasteiger charge is -2.25. The topological polar surface area (TPSA) is 104 Å². The molecule has 0 fully saturated rings. The van der Waals surface area contributed by atoms with Gasteiger partial charge < -0.3 is 4.74 Å². The molecule has 0 radical (unpaired) electrons. The third-order valence-electron chi connectivity index (χ3n) is 5.24. The van der Waals surface area contributed by atoms with Gasteiger partial charge in [-0.05, 0) is 24.1 Å². The molecule has 0 spiro atoms. The lowest BCUT2D eigenvalue weighted by molar-refractivity contribution is -0.384. The Morgan fingerprint density at radius 2 is 2.03 bits per heavy atom. The van der Waals surface area contributed by atoms with Crippen LogP contribution >= 0.6 is 22.9 Å². The fraction of sp³-hybridized carbons (Fsp3) is 0.174. The zero-order chi connectivity index (χ0) is 23.7. The SMILES string of the molecule is CCC1=C(C(=O)OC)[C@@H](c2ccccc2)n2c(s/c(=C\c3cc([N+](=O)[O-])ccc3Cl)c2=O)=N1. The van der Waals surface area contributed by atoms with E-state index in [0.29, 0.717) is 32.6 Å². The van der Waals surface area contributed by atoms with Crippen LogP contribution in [0, 0.1) is 10.1 Å². The van der Waals surface area contributed by atoms with Gasteiger partial charge in [0, 0.05) is 22.7 Å². The first-order valence-corrected chi connectivity index (χ1v) is 11.2. The number of ether oxygens (including phenoxy) is 1. The molecule has 10 heteroatoms. The third kappa shape index (κ3) is 4.12. The monoisotopic (exact) mass is 483 g/mol. The van der Waals surface area contributed by atoms with E-state index in [0.717, 1.165) is 16.9 Å². The first kappa shape index (κ1) is 22.6. The summed E-state index contributed by atoms with van der Waals surface area (Å²) in [6.07, 6.45) is 1.98. The minimum Gasteiger partial charge on any atom is -0.466 e. The van der Waals surface area contributed by atoms with Gasteiger partial charge in [0.1, 0.15) is 0 Å². The number of hydrogen-bond acceptors (Lipinski definition) is 7. The summed E-state index contributed by atoms with van der Waals surface area (Å²) in [6, 6.07) is 12.5. The number of non-ortho nitro benzene ring substituents is 1. The van der Waals surface area contributed by atoms with Crippen molar-refractivity contribution in [2.75, 3.05) is 7.11 Å². The predicted octanol–water partition coefficient (Wildman–Crippen LogP) is 3.36. The molecule has 2 heterocycles. The Bertz CT molecular complexity index is 1470. The van der Waals surface area contributed by atoms with E-state index in [2.05, 4.69) is 4.99 Å². The Balaban J connectivity index is 2.00. The molecule has 0 bridgehead atoms. The van der Waals surface area contributed by atoms with Gasteiger partial charge >= 0.3 is 5.97 Å². The summed E-state index contributed by atoms with van der Waals surface area (Å²) in [4.78, 5) is 41.9. The molecule has 0 N–H and O–H groups in total. The molecule has 1 aliphatic rings. The number of aromatic nitrogens is 1. The maximum absolute atomic E-state index is 13.5. The third-order valence-corrected chi connectivity index (χ3v) is 6.57. The van der Waals surface area contributed by atoms with Crippen LogP contribution in [0.2, 0.25) is 5.02 Å². The fourth-order valence-electron chi connectivity index (χ4n) is 3.71. The summed E-state index contributed by atoms with van der Waals surface area (Å²) in [5, 5.41) is 11.4. The average molecular weight is 484 g/mol. The average Bonchev–Trinajstić information content (AvgIpc) is 3.13. The van der Waals surface area contributed by atoms with Crippen LogP contribution in [0.3, 0.4) is 0 Å². The Labute approximate surface area is 196 Å². The zero-order valence-electron chi connectivity index (χ0n) is 17.6. The van der Waals surface area contributed by atoms with Gasteiger partial charge in [-0.15, -0.1) is 0 Å². The molecule has 0 saturated heterocycles. The van der Waals surface area contributed by atoms with Gasteiger partial charge in [0.05, 0.1) is 33.9 Å². The highest BCUT2D eigenvalue weighted by Gasteiger charge is 2.33. The van der Waals surface area contributed by atoms with Crippen molar-refractivity contribution in [3.8, 4) is 0 Å². The van der Waals surface area contributed by atoms with E-state index in [1.807, 2.05) is 37.3 Å². The highest BCUT2D eigenvalue weighted by atomic mass is 35.5. The molecule has 1 aliphatic heterocycles. The van der Waals surface area contributed by atoms with Crippen LogP contribution in [0.1, 0.15) is 30.5 Å². The summed E-state index contributed by atoms with van der Waals surface area (Å²) >= 11 is 7.36. The number of carbonyl (C=O) groups is 1. The Morgan fingerprint density at radius 1 is 1.30 bits per heavy atom.